The number of aromatic carboxylic acids is 1. The lowest BCUT2D eigenvalue weighted by Gasteiger charge is -2.11. The Bertz CT molecular complexity index is 445. The van der Waals surface area contributed by atoms with Crippen LogP contribution in [-0.2, 0) is 4.79 Å². The predicted octanol–water partition coefficient (Wildman–Crippen LogP) is 1.51. The number of rotatable bonds is 4. The number of carbonyl (C=O) groups excluding carboxylic acids is 1. The Labute approximate surface area is 104 Å². The monoisotopic (exact) mass is 257 g/mol. The van der Waals surface area contributed by atoms with Gasteiger partial charge < -0.3 is 14.7 Å². The van der Waals surface area contributed by atoms with Crippen LogP contribution in [0.1, 0.15) is 10.4 Å². The summed E-state index contributed by atoms with van der Waals surface area (Å²) in [6.45, 7) is -0.145. The Morgan fingerprint density at radius 3 is 2.59 bits per heavy atom. The van der Waals surface area contributed by atoms with Crippen LogP contribution in [0.25, 0.3) is 0 Å². The number of nitrogens with zero attached hydrogens (tertiary/aromatic N) is 1. The van der Waals surface area contributed by atoms with Crippen LogP contribution in [0.2, 0.25) is 5.02 Å². The summed E-state index contributed by atoms with van der Waals surface area (Å²) in [5, 5.41) is 8.97. The molecule has 0 aromatic heterocycles. The lowest BCUT2D eigenvalue weighted by molar-refractivity contribution is -0.130. The molecule has 0 spiro atoms. The second-order valence-corrected chi connectivity index (χ2v) is 3.93. The van der Waals surface area contributed by atoms with E-state index in [4.69, 9.17) is 21.4 Å². The molecule has 0 aliphatic rings. The molecule has 92 valence electrons. The Morgan fingerprint density at radius 2 is 2.06 bits per heavy atom. The van der Waals surface area contributed by atoms with Crippen molar-refractivity contribution in [2.45, 2.75) is 0 Å². The summed E-state index contributed by atoms with van der Waals surface area (Å²) in [6, 6.07) is 4.21. The minimum absolute atomic E-state index is 0.0542. The fraction of sp³-hybridized carbons (Fsp3) is 0.273. The van der Waals surface area contributed by atoms with Gasteiger partial charge in [0.2, 0.25) is 0 Å². The molecule has 0 radical (unpaired) electrons. The van der Waals surface area contributed by atoms with Crippen molar-refractivity contribution in [2.24, 2.45) is 0 Å². The number of carbonyl (C=O) groups is 2. The van der Waals surface area contributed by atoms with Crippen molar-refractivity contribution in [3.63, 3.8) is 0 Å². The summed E-state index contributed by atoms with van der Waals surface area (Å²) in [7, 11) is 3.21. The van der Waals surface area contributed by atoms with Crippen molar-refractivity contribution >= 4 is 23.5 Å². The first-order valence-electron chi connectivity index (χ1n) is 4.77. The summed E-state index contributed by atoms with van der Waals surface area (Å²) in [6.07, 6.45) is 0. The Morgan fingerprint density at radius 1 is 1.41 bits per heavy atom. The molecule has 6 heteroatoms. The molecular formula is C11H12ClNO4. The van der Waals surface area contributed by atoms with Crippen LogP contribution in [0, 0.1) is 0 Å². The van der Waals surface area contributed by atoms with Crippen molar-refractivity contribution in [2.75, 3.05) is 20.7 Å². The van der Waals surface area contributed by atoms with Crippen molar-refractivity contribution in [3.05, 3.63) is 28.8 Å². The SMILES string of the molecule is CN(C)C(=O)COc1ccc(Cl)c(C(=O)O)c1. The van der Waals surface area contributed by atoms with Crippen LogP contribution in [0.5, 0.6) is 5.75 Å². The average Bonchev–Trinajstić information content (AvgIpc) is 2.26. The largest absolute Gasteiger partial charge is 0.484 e. The molecule has 17 heavy (non-hydrogen) atoms. The third-order valence-electron chi connectivity index (χ3n) is 2.03. The van der Waals surface area contributed by atoms with Gasteiger partial charge in [-0.15, -0.1) is 0 Å². The molecule has 0 atom stereocenters. The van der Waals surface area contributed by atoms with Crippen LogP contribution < -0.4 is 4.74 Å². The van der Waals surface area contributed by atoms with Crippen LogP contribution >= 0.6 is 11.6 Å². The highest BCUT2D eigenvalue weighted by Crippen LogP contribution is 2.22. The molecule has 1 N–H and O–H groups in total. The summed E-state index contributed by atoms with van der Waals surface area (Å²) < 4.78 is 5.16. The van der Waals surface area contributed by atoms with Gasteiger partial charge >= 0.3 is 5.97 Å². The predicted molar refractivity (Wildman–Crippen MR) is 62.6 cm³/mol. The first-order chi connectivity index (χ1) is 7.91. The van der Waals surface area contributed by atoms with Gasteiger partial charge in [0.25, 0.3) is 5.91 Å². The minimum Gasteiger partial charge on any atom is -0.484 e. The number of hydrogen-bond donors (Lipinski definition) is 1. The summed E-state index contributed by atoms with van der Waals surface area (Å²) in [4.78, 5) is 23.4. The van der Waals surface area contributed by atoms with Crippen LogP contribution in [0.4, 0.5) is 0 Å². The lowest BCUT2D eigenvalue weighted by atomic mass is 10.2. The van der Waals surface area contributed by atoms with Gasteiger partial charge in [0.1, 0.15) is 5.75 Å². The van der Waals surface area contributed by atoms with Crippen LogP contribution in [0.15, 0.2) is 18.2 Å². The van der Waals surface area contributed by atoms with E-state index in [1.807, 2.05) is 0 Å². The minimum atomic E-state index is -1.14. The number of likely N-dealkylation sites (N-methyl/N-ethyl adjacent to an activating group) is 1. The number of benzene rings is 1. The van der Waals surface area contributed by atoms with Crippen molar-refractivity contribution in [1.29, 1.82) is 0 Å². The van der Waals surface area contributed by atoms with Crippen LogP contribution in [-0.4, -0.2) is 42.6 Å². The first-order valence-corrected chi connectivity index (χ1v) is 5.15. The highest BCUT2D eigenvalue weighted by atomic mass is 35.5. The zero-order valence-corrected chi connectivity index (χ0v) is 10.2. The Balaban J connectivity index is 2.76. The number of ether oxygens (including phenoxy) is 1. The zero-order chi connectivity index (χ0) is 13.0. The zero-order valence-electron chi connectivity index (χ0n) is 9.44. The summed E-state index contributed by atoms with van der Waals surface area (Å²) >= 11 is 5.69. The molecule has 1 aromatic rings. The quantitative estimate of drug-likeness (QED) is 0.888. The lowest BCUT2D eigenvalue weighted by Crippen LogP contribution is -2.27. The molecule has 0 aliphatic carbocycles. The number of halogens is 1. The number of carboxylic acid groups (broad SMARTS) is 1. The number of carboxylic acids is 1. The van der Waals surface area contributed by atoms with Crippen molar-refractivity contribution in [1.82, 2.24) is 4.90 Å². The summed E-state index contributed by atoms with van der Waals surface area (Å²) in [5.74, 6) is -1.06. The van der Waals surface area contributed by atoms with Crippen molar-refractivity contribution < 1.29 is 19.4 Å². The maximum absolute atomic E-state index is 11.3. The van der Waals surface area contributed by atoms with E-state index in [0.717, 1.165) is 0 Å². The molecule has 1 amide bonds. The molecule has 0 bridgehead atoms. The van der Waals surface area contributed by atoms with E-state index in [0.29, 0.717) is 5.75 Å². The number of hydrogen-bond acceptors (Lipinski definition) is 3. The molecule has 1 rings (SSSR count). The molecule has 0 unspecified atom stereocenters. The first kappa shape index (κ1) is 13.3. The highest BCUT2D eigenvalue weighted by molar-refractivity contribution is 6.33. The molecule has 0 heterocycles. The van der Waals surface area contributed by atoms with Gasteiger partial charge in [0.05, 0.1) is 10.6 Å². The second-order valence-electron chi connectivity index (χ2n) is 3.52. The smallest absolute Gasteiger partial charge is 0.337 e. The Kier molecular flexibility index (Phi) is 4.34. The molecule has 0 aliphatic heterocycles. The summed E-state index contributed by atoms with van der Waals surface area (Å²) in [5.41, 5.74) is -0.0542. The maximum Gasteiger partial charge on any atom is 0.337 e. The van der Waals surface area contributed by atoms with Gasteiger partial charge in [-0.05, 0) is 18.2 Å². The van der Waals surface area contributed by atoms with Gasteiger partial charge in [-0.25, -0.2) is 4.79 Å². The molecular weight excluding hydrogens is 246 g/mol. The normalized spacial score (nSPS) is 9.82. The molecule has 0 saturated carbocycles. The van der Waals surface area contributed by atoms with E-state index in [9.17, 15) is 9.59 Å². The molecule has 5 nitrogen and oxygen atoms in total. The Hall–Kier alpha value is -1.75. The third-order valence-corrected chi connectivity index (χ3v) is 2.36. The van der Waals surface area contributed by atoms with Gasteiger partial charge in [0, 0.05) is 14.1 Å². The van der Waals surface area contributed by atoms with Crippen molar-refractivity contribution in [3.8, 4) is 5.75 Å². The topological polar surface area (TPSA) is 66.8 Å². The number of amides is 1. The fourth-order valence-corrected chi connectivity index (χ4v) is 1.23. The van der Waals surface area contributed by atoms with E-state index < -0.39 is 5.97 Å². The highest BCUT2D eigenvalue weighted by Gasteiger charge is 2.11. The standard InChI is InChI=1S/C11H12ClNO4/c1-13(2)10(14)6-17-7-3-4-9(12)8(5-7)11(15)16/h3-5H,6H2,1-2H3,(H,15,16). The van der Waals surface area contributed by atoms with Gasteiger partial charge in [-0.2, -0.15) is 0 Å². The van der Waals surface area contributed by atoms with Gasteiger partial charge in [-0.1, -0.05) is 11.6 Å². The van der Waals surface area contributed by atoms with E-state index in [1.165, 1.54) is 23.1 Å². The van der Waals surface area contributed by atoms with E-state index >= 15 is 0 Å². The van der Waals surface area contributed by atoms with E-state index in [2.05, 4.69) is 0 Å². The molecule has 0 saturated heterocycles. The van der Waals surface area contributed by atoms with E-state index in [1.54, 1.807) is 14.1 Å². The maximum atomic E-state index is 11.3. The second kappa shape index (κ2) is 5.54. The van der Waals surface area contributed by atoms with Gasteiger partial charge in [-0.3, -0.25) is 4.79 Å². The average molecular weight is 258 g/mol. The van der Waals surface area contributed by atoms with E-state index in [-0.39, 0.29) is 23.1 Å². The van der Waals surface area contributed by atoms with Crippen LogP contribution in [0.3, 0.4) is 0 Å². The molecule has 0 fully saturated rings. The van der Waals surface area contributed by atoms with Gasteiger partial charge in [0.15, 0.2) is 6.61 Å². The third kappa shape index (κ3) is 3.64. The fourth-order valence-electron chi connectivity index (χ4n) is 1.03. The molecule has 1 aromatic carbocycles.